The predicted molar refractivity (Wildman–Crippen MR) is 76.7 cm³/mol. The quantitative estimate of drug-likeness (QED) is 0.873. The van der Waals surface area contributed by atoms with Crippen molar-refractivity contribution < 1.29 is 9.59 Å². The summed E-state index contributed by atoms with van der Waals surface area (Å²) in [5.74, 6) is -0.454. The molecule has 0 saturated carbocycles. The fraction of sp³-hybridized carbons (Fsp3) is 0.231. The number of pyridine rings is 1. The molecule has 0 aliphatic heterocycles. The first-order valence-electron chi connectivity index (χ1n) is 6.05. The largest absolute Gasteiger partial charge is 0.350 e. The molecule has 0 aliphatic carbocycles. The molecular weight excluding hydrogens is 276 g/mol. The normalized spacial score (nSPS) is 10.1. The highest BCUT2D eigenvalue weighted by molar-refractivity contribution is 7.14. The summed E-state index contributed by atoms with van der Waals surface area (Å²) in [6.45, 7) is 1.91. The number of anilines is 1. The van der Waals surface area contributed by atoms with E-state index in [0.29, 0.717) is 23.8 Å². The molecule has 104 valence electrons. The molecule has 0 spiro atoms. The highest BCUT2D eigenvalue weighted by atomic mass is 32.1. The van der Waals surface area contributed by atoms with Crippen LogP contribution >= 0.6 is 11.3 Å². The van der Waals surface area contributed by atoms with Crippen LogP contribution in [0.1, 0.15) is 23.0 Å². The molecule has 0 radical (unpaired) electrons. The van der Waals surface area contributed by atoms with E-state index in [1.165, 1.54) is 18.3 Å². The summed E-state index contributed by atoms with van der Waals surface area (Å²) in [5, 5.41) is 7.36. The van der Waals surface area contributed by atoms with Crippen molar-refractivity contribution in [1.29, 1.82) is 0 Å². The van der Waals surface area contributed by atoms with Gasteiger partial charge in [-0.2, -0.15) is 0 Å². The molecule has 6 nitrogen and oxygen atoms in total. The lowest BCUT2D eigenvalue weighted by Gasteiger charge is -2.02. The Bertz CT molecular complexity index is 597. The third kappa shape index (κ3) is 4.13. The van der Waals surface area contributed by atoms with E-state index in [-0.39, 0.29) is 11.8 Å². The van der Waals surface area contributed by atoms with Crippen LogP contribution in [0.5, 0.6) is 0 Å². The summed E-state index contributed by atoms with van der Waals surface area (Å²) < 4.78 is 0. The van der Waals surface area contributed by atoms with E-state index in [0.717, 1.165) is 5.56 Å². The highest BCUT2D eigenvalue weighted by Gasteiger charge is 2.10. The molecule has 0 aliphatic rings. The number of amides is 2. The standard InChI is InChI=1S/C13H14N4O2S/c1-9(18)16-13-17-11(8-20-13)12(19)15-6-4-10-3-2-5-14-7-10/h2-3,5,7-8H,4,6H2,1H3,(H,15,19)(H,16,17,18). The molecule has 7 heteroatoms. The Kier molecular flexibility index (Phi) is 4.78. The van der Waals surface area contributed by atoms with E-state index in [1.807, 2.05) is 12.1 Å². The van der Waals surface area contributed by atoms with Crippen LogP contribution in [0.25, 0.3) is 0 Å². The van der Waals surface area contributed by atoms with Crippen LogP contribution in [-0.4, -0.2) is 28.3 Å². The number of nitrogens with one attached hydrogen (secondary N) is 2. The molecule has 0 aromatic carbocycles. The topological polar surface area (TPSA) is 84.0 Å². The van der Waals surface area contributed by atoms with Crippen LogP contribution in [0, 0.1) is 0 Å². The maximum atomic E-state index is 11.8. The van der Waals surface area contributed by atoms with Gasteiger partial charge in [0.15, 0.2) is 5.13 Å². The van der Waals surface area contributed by atoms with Crippen LogP contribution in [0.3, 0.4) is 0 Å². The molecule has 0 unspecified atom stereocenters. The van der Waals surface area contributed by atoms with Crippen molar-refractivity contribution in [2.75, 3.05) is 11.9 Å². The number of thiazole rings is 1. The lowest BCUT2D eigenvalue weighted by Crippen LogP contribution is -2.26. The number of hydrogen-bond donors (Lipinski definition) is 2. The van der Waals surface area contributed by atoms with E-state index in [9.17, 15) is 9.59 Å². The van der Waals surface area contributed by atoms with Crippen LogP contribution in [0.2, 0.25) is 0 Å². The third-order valence-corrected chi connectivity index (χ3v) is 3.20. The number of hydrogen-bond acceptors (Lipinski definition) is 5. The molecule has 0 atom stereocenters. The summed E-state index contributed by atoms with van der Waals surface area (Å²) in [6.07, 6.45) is 4.19. The summed E-state index contributed by atoms with van der Waals surface area (Å²) in [4.78, 5) is 30.8. The first-order valence-corrected chi connectivity index (χ1v) is 6.93. The van der Waals surface area contributed by atoms with E-state index in [2.05, 4.69) is 20.6 Å². The smallest absolute Gasteiger partial charge is 0.270 e. The molecule has 0 fully saturated rings. The van der Waals surface area contributed by atoms with Crippen LogP contribution in [0.15, 0.2) is 29.9 Å². The Hall–Kier alpha value is -2.28. The van der Waals surface area contributed by atoms with E-state index < -0.39 is 0 Å². The van der Waals surface area contributed by atoms with E-state index >= 15 is 0 Å². The zero-order chi connectivity index (χ0) is 14.4. The Morgan fingerprint density at radius 3 is 2.95 bits per heavy atom. The van der Waals surface area contributed by atoms with Gasteiger partial charge in [0.2, 0.25) is 5.91 Å². The summed E-state index contributed by atoms with van der Waals surface area (Å²) in [6, 6.07) is 3.81. The van der Waals surface area contributed by atoms with E-state index in [1.54, 1.807) is 17.8 Å². The van der Waals surface area contributed by atoms with Crippen molar-refractivity contribution in [3.05, 3.63) is 41.2 Å². The first kappa shape index (κ1) is 14.1. The van der Waals surface area contributed by atoms with Crippen molar-refractivity contribution in [1.82, 2.24) is 15.3 Å². The van der Waals surface area contributed by atoms with Crippen molar-refractivity contribution in [3.63, 3.8) is 0 Å². The van der Waals surface area contributed by atoms with Gasteiger partial charge < -0.3 is 10.6 Å². The Morgan fingerprint density at radius 2 is 2.25 bits per heavy atom. The van der Waals surface area contributed by atoms with Crippen molar-refractivity contribution >= 4 is 28.3 Å². The minimum absolute atomic E-state index is 0.206. The summed E-state index contributed by atoms with van der Waals surface area (Å²) >= 11 is 1.22. The molecular formula is C13H14N4O2S. The maximum absolute atomic E-state index is 11.8. The van der Waals surface area contributed by atoms with Gasteiger partial charge in [0.05, 0.1) is 0 Å². The number of carbonyl (C=O) groups is 2. The highest BCUT2D eigenvalue weighted by Crippen LogP contribution is 2.14. The lowest BCUT2D eigenvalue weighted by molar-refractivity contribution is -0.114. The minimum atomic E-state index is -0.248. The van der Waals surface area contributed by atoms with Gasteiger partial charge in [0.1, 0.15) is 5.69 Å². The molecule has 0 saturated heterocycles. The zero-order valence-electron chi connectivity index (χ0n) is 10.9. The number of rotatable bonds is 5. The van der Waals surface area contributed by atoms with Gasteiger partial charge in [-0.3, -0.25) is 14.6 Å². The SMILES string of the molecule is CC(=O)Nc1nc(C(=O)NCCc2cccnc2)cs1. The van der Waals surface area contributed by atoms with Gasteiger partial charge in [0.25, 0.3) is 5.91 Å². The third-order valence-electron chi connectivity index (χ3n) is 2.44. The monoisotopic (exact) mass is 290 g/mol. The zero-order valence-corrected chi connectivity index (χ0v) is 11.7. The predicted octanol–water partition coefficient (Wildman–Crippen LogP) is 1.47. The molecule has 20 heavy (non-hydrogen) atoms. The molecule has 0 bridgehead atoms. The molecule has 2 amide bonds. The van der Waals surface area contributed by atoms with Crippen molar-refractivity contribution in [2.24, 2.45) is 0 Å². The molecule has 2 N–H and O–H groups in total. The maximum Gasteiger partial charge on any atom is 0.270 e. The van der Waals surface area contributed by atoms with Gasteiger partial charge in [-0.1, -0.05) is 6.07 Å². The minimum Gasteiger partial charge on any atom is -0.350 e. The number of carbonyl (C=O) groups excluding carboxylic acids is 2. The van der Waals surface area contributed by atoms with Crippen LogP contribution < -0.4 is 10.6 Å². The number of nitrogens with zero attached hydrogens (tertiary/aromatic N) is 2. The molecule has 2 rings (SSSR count). The van der Waals surface area contributed by atoms with Crippen LogP contribution in [-0.2, 0) is 11.2 Å². The van der Waals surface area contributed by atoms with Gasteiger partial charge in [-0.25, -0.2) is 4.98 Å². The van der Waals surface area contributed by atoms with Crippen molar-refractivity contribution in [3.8, 4) is 0 Å². The van der Waals surface area contributed by atoms with Crippen molar-refractivity contribution in [2.45, 2.75) is 13.3 Å². The van der Waals surface area contributed by atoms with Crippen LogP contribution in [0.4, 0.5) is 5.13 Å². The lowest BCUT2D eigenvalue weighted by atomic mass is 10.2. The Labute approximate surface area is 120 Å². The molecule has 2 aromatic heterocycles. The second-order valence-electron chi connectivity index (χ2n) is 4.09. The molecule has 2 aromatic rings. The van der Waals surface area contributed by atoms with Gasteiger partial charge >= 0.3 is 0 Å². The average molecular weight is 290 g/mol. The second-order valence-corrected chi connectivity index (χ2v) is 4.94. The first-order chi connectivity index (χ1) is 9.65. The van der Waals surface area contributed by atoms with E-state index in [4.69, 9.17) is 0 Å². The average Bonchev–Trinajstić information content (AvgIpc) is 2.87. The van der Waals surface area contributed by atoms with Gasteiger partial charge in [-0.05, 0) is 18.1 Å². The fourth-order valence-electron chi connectivity index (χ4n) is 1.54. The van der Waals surface area contributed by atoms with Gasteiger partial charge in [-0.15, -0.1) is 11.3 Å². The fourth-order valence-corrected chi connectivity index (χ4v) is 2.28. The number of aromatic nitrogens is 2. The van der Waals surface area contributed by atoms with Gasteiger partial charge in [0, 0.05) is 31.2 Å². The summed E-state index contributed by atoms with van der Waals surface area (Å²) in [7, 11) is 0. The summed E-state index contributed by atoms with van der Waals surface area (Å²) in [5.41, 5.74) is 1.37. The Morgan fingerprint density at radius 1 is 1.40 bits per heavy atom. The second kappa shape index (κ2) is 6.76. The Balaban J connectivity index is 1.83. The molecule has 2 heterocycles.